The van der Waals surface area contributed by atoms with Crippen LogP contribution in [0.1, 0.15) is 11.1 Å². The highest BCUT2D eigenvalue weighted by Crippen LogP contribution is 2.12. The Hall–Kier alpha value is -2.89. The van der Waals surface area contributed by atoms with E-state index in [0.29, 0.717) is 12.3 Å². The zero-order valence-corrected chi connectivity index (χ0v) is 12.1. The Labute approximate surface area is 127 Å². The number of hydrogen-bond acceptors (Lipinski definition) is 4. The van der Waals surface area contributed by atoms with Crippen molar-refractivity contribution in [3.8, 4) is 5.75 Å². The summed E-state index contributed by atoms with van der Waals surface area (Å²) in [6, 6.07) is 13.5. The Balaban J connectivity index is 1.77. The smallest absolute Gasteiger partial charge is 0.269 e. The van der Waals surface area contributed by atoms with Gasteiger partial charge in [-0.05, 0) is 24.6 Å². The number of non-ortho nitro benzene ring substituents is 1. The second kappa shape index (κ2) is 7.21. The van der Waals surface area contributed by atoms with Crippen molar-refractivity contribution in [1.82, 2.24) is 5.32 Å². The lowest BCUT2D eigenvalue weighted by Crippen LogP contribution is -2.28. The van der Waals surface area contributed by atoms with Gasteiger partial charge in [0, 0.05) is 18.7 Å². The summed E-state index contributed by atoms with van der Waals surface area (Å²) in [4.78, 5) is 21.8. The molecular weight excluding hydrogens is 284 g/mol. The van der Waals surface area contributed by atoms with Crippen LogP contribution in [0.3, 0.4) is 0 Å². The minimum atomic E-state index is -0.461. The van der Waals surface area contributed by atoms with Gasteiger partial charge in [0.1, 0.15) is 5.75 Å². The fourth-order valence-corrected chi connectivity index (χ4v) is 1.77. The lowest BCUT2D eigenvalue weighted by atomic mass is 10.2. The highest BCUT2D eigenvalue weighted by atomic mass is 16.6. The molecule has 0 radical (unpaired) electrons. The van der Waals surface area contributed by atoms with Crippen LogP contribution in [0, 0.1) is 17.0 Å². The van der Waals surface area contributed by atoms with Crippen molar-refractivity contribution < 1.29 is 14.5 Å². The molecule has 0 unspecified atom stereocenters. The highest BCUT2D eigenvalue weighted by Gasteiger charge is 2.06. The summed E-state index contributed by atoms with van der Waals surface area (Å²) >= 11 is 0. The summed E-state index contributed by atoms with van der Waals surface area (Å²) in [6.45, 7) is 2.20. The highest BCUT2D eigenvalue weighted by molar-refractivity contribution is 5.77. The quantitative estimate of drug-likeness (QED) is 0.656. The number of nitro benzene ring substituents is 1. The zero-order chi connectivity index (χ0) is 15.9. The molecule has 6 heteroatoms. The summed E-state index contributed by atoms with van der Waals surface area (Å²) in [6.07, 6.45) is 0. The fraction of sp³-hybridized carbons (Fsp3) is 0.188. The number of aryl methyl sites for hydroxylation is 1. The van der Waals surface area contributed by atoms with Gasteiger partial charge < -0.3 is 10.1 Å². The molecule has 6 nitrogen and oxygen atoms in total. The monoisotopic (exact) mass is 300 g/mol. The maximum Gasteiger partial charge on any atom is 0.269 e. The molecule has 114 valence electrons. The average molecular weight is 300 g/mol. The number of hydrogen-bond donors (Lipinski definition) is 1. The molecule has 0 spiro atoms. The molecular formula is C16H16N2O4. The van der Waals surface area contributed by atoms with E-state index in [0.717, 1.165) is 11.1 Å². The maximum absolute atomic E-state index is 11.7. The molecule has 1 amide bonds. The number of nitrogens with zero attached hydrogens (tertiary/aromatic N) is 1. The van der Waals surface area contributed by atoms with E-state index in [1.807, 2.05) is 19.1 Å². The van der Waals surface area contributed by atoms with Gasteiger partial charge in [-0.2, -0.15) is 0 Å². The summed E-state index contributed by atoms with van der Waals surface area (Å²) in [5.41, 5.74) is 1.93. The number of nitro groups is 1. The van der Waals surface area contributed by atoms with E-state index >= 15 is 0 Å². The van der Waals surface area contributed by atoms with Gasteiger partial charge in [0.05, 0.1) is 4.92 Å². The maximum atomic E-state index is 11.7. The van der Waals surface area contributed by atoms with Gasteiger partial charge in [0.2, 0.25) is 0 Å². The van der Waals surface area contributed by atoms with Gasteiger partial charge in [-0.15, -0.1) is 0 Å². The first-order valence-electron chi connectivity index (χ1n) is 6.74. The minimum absolute atomic E-state index is 0.0257. The van der Waals surface area contributed by atoms with Gasteiger partial charge in [-0.25, -0.2) is 0 Å². The minimum Gasteiger partial charge on any atom is -0.484 e. The molecule has 0 fully saturated rings. The van der Waals surface area contributed by atoms with Crippen LogP contribution in [-0.4, -0.2) is 17.4 Å². The molecule has 0 aromatic heterocycles. The summed E-state index contributed by atoms with van der Waals surface area (Å²) in [5.74, 6) is 0.384. The van der Waals surface area contributed by atoms with E-state index in [4.69, 9.17) is 4.74 Å². The lowest BCUT2D eigenvalue weighted by molar-refractivity contribution is -0.384. The van der Waals surface area contributed by atoms with Crippen molar-refractivity contribution in [1.29, 1.82) is 0 Å². The van der Waals surface area contributed by atoms with E-state index in [1.54, 1.807) is 24.3 Å². The number of ether oxygens (including phenoxy) is 1. The molecule has 0 atom stereocenters. The number of nitrogens with one attached hydrogen (secondary N) is 1. The number of benzene rings is 2. The van der Waals surface area contributed by atoms with Gasteiger partial charge >= 0.3 is 0 Å². The Morgan fingerprint density at radius 2 is 1.77 bits per heavy atom. The second-order valence-corrected chi connectivity index (χ2v) is 4.80. The van der Waals surface area contributed by atoms with E-state index in [9.17, 15) is 14.9 Å². The predicted molar refractivity (Wildman–Crippen MR) is 81.6 cm³/mol. The molecule has 2 rings (SSSR count). The second-order valence-electron chi connectivity index (χ2n) is 4.80. The number of rotatable bonds is 6. The molecule has 22 heavy (non-hydrogen) atoms. The van der Waals surface area contributed by atoms with Crippen molar-refractivity contribution >= 4 is 11.6 Å². The van der Waals surface area contributed by atoms with E-state index < -0.39 is 4.92 Å². The molecule has 0 aliphatic rings. The third-order valence-corrected chi connectivity index (χ3v) is 3.03. The van der Waals surface area contributed by atoms with Crippen LogP contribution in [0.25, 0.3) is 0 Å². The number of carbonyl (C=O) groups is 1. The standard InChI is InChI=1S/C16H16N2O4/c1-12-2-8-15(9-3-12)22-11-16(19)17-10-13-4-6-14(7-5-13)18(20)21/h2-9H,10-11H2,1H3,(H,17,19). The molecule has 0 saturated heterocycles. The summed E-state index contributed by atoms with van der Waals surface area (Å²) < 4.78 is 5.36. The molecule has 0 aliphatic heterocycles. The van der Waals surface area contributed by atoms with Crippen molar-refractivity contribution in [2.24, 2.45) is 0 Å². The van der Waals surface area contributed by atoms with Crippen LogP contribution in [0.4, 0.5) is 5.69 Å². The molecule has 2 aromatic carbocycles. The Morgan fingerprint density at radius 3 is 2.36 bits per heavy atom. The fourth-order valence-electron chi connectivity index (χ4n) is 1.77. The van der Waals surface area contributed by atoms with Crippen molar-refractivity contribution in [3.05, 3.63) is 69.8 Å². The predicted octanol–water partition coefficient (Wildman–Crippen LogP) is 2.60. The molecule has 0 aliphatic carbocycles. The largest absolute Gasteiger partial charge is 0.484 e. The summed E-state index contributed by atoms with van der Waals surface area (Å²) in [5, 5.41) is 13.2. The molecule has 0 bridgehead atoms. The molecule has 0 heterocycles. The van der Waals surface area contributed by atoms with Crippen LogP contribution < -0.4 is 10.1 Å². The first kappa shape index (κ1) is 15.5. The average Bonchev–Trinajstić information content (AvgIpc) is 2.52. The Kier molecular flexibility index (Phi) is 5.08. The van der Waals surface area contributed by atoms with Gasteiger partial charge in [0.25, 0.3) is 11.6 Å². The first-order valence-corrected chi connectivity index (χ1v) is 6.74. The topological polar surface area (TPSA) is 81.5 Å². The van der Waals surface area contributed by atoms with Crippen molar-refractivity contribution in [2.45, 2.75) is 13.5 Å². The normalized spacial score (nSPS) is 10.0. The van der Waals surface area contributed by atoms with Gasteiger partial charge in [0.15, 0.2) is 6.61 Å². The van der Waals surface area contributed by atoms with E-state index in [2.05, 4.69) is 5.32 Å². The third-order valence-electron chi connectivity index (χ3n) is 3.03. The Bertz CT molecular complexity index is 651. The van der Waals surface area contributed by atoms with Crippen LogP contribution >= 0.6 is 0 Å². The SMILES string of the molecule is Cc1ccc(OCC(=O)NCc2ccc([N+](=O)[O-])cc2)cc1. The van der Waals surface area contributed by atoms with Crippen LogP contribution in [0.2, 0.25) is 0 Å². The van der Waals surface area contributed by atoms with E-state index in [1.165, 1.54) is 12.1 Å². The molecule has 0 saturated carbocycles. The van der Waals surface area contributed by atoms with Crippen LogP contribution in [0.5, 0.6) is 5.75 Å². The number of amides is 1. The van der Waals surface area contributed by atoms with E-state index in [-0.39, 0.29) is 18.2 Å². The lowest BCUT2D eigenvalue weighted by Gasteiger charge is -2.07. The number of carbonyl (C=O) groups excluding carboxylic acids is 1. The van der Waals surface area contributed by atoms with Gasteiger partial charge in [-0.3, -0.25) is 14.9 Å². The third kappa shape index (κ3) is 4.59. The first-order chi connectivity index (χ1) is 10.5. The molecule has 1 N–H and O–H groups in total. The van der Waals surface area contributed by atoms with Crippen molar-refractivity contribution in [2.75, 3.05) is 6.61 Å². The van der Waals surface area contributed by atoms with Gasteiger partial charge in [-0.1, -0.05) is 29.8 Å². The van der Waals surface area contributed by atoms with Crippen LogP contribution in [0.15, 0.2) is 48.5 Å². The van der Waals surface area contributed by atoms with Crippen LogP contribution in [-0.2, 0) is 11.3 Å². The van der Waals surface area contributed by atoms with Crippen molar-refractivity contribution in [3.63, 3.8) is 0 Å². The molecule has 2 aromatic rings. The Morgan fingerprint density at radius 1 is 1.14 bits per heavy atom. The zero-order valence-electron chi connectivity index (χ0n) is 12.1. The summed E-state index contributed by atoms with van der Waals surface area (Å²) in [7, 11) is 0.